The Kier molecular flexibility index (Phi) is 4.67. The van der Waals surface area contributed by atoms with Crippen molar-refractivity contribution in [1.82, 2.24) is 0 Å². The molecular weight excluding hydrogens is 225 g/mol. The van der Waals surface area contributed by atoms with Crippen molar-refractivity contribution in [2.24, 2.45) is 4.99 Å². The first kappa shape index (κ1) is 8.88. The zero-order chi connectivity index (χ0) is 7.28. The molecule has 0 heterocycles. The van der Waals surface area contributed by atoms with Crippen LogP contribution in [0.15, 0.2) is 26.9 Å². The van der Waals surface area contributed by atoms with Crippen LogP contribution in [0.1, 0.15) is 13.8 Å². The predicted octanol–water partition coefficient (Wildman–Crippen LogP) is 2.93. The molecule has 0 aromatic heterocycles. The summed E-state index contributed by atoms with van der Waals surface area (Å²) in [6, 6.07) is 0. The van der Waals surface area contributed by atoms with E-state index in [0.717, 1.165) is 11.3 Å². The fraction of sp³-hybridized carbons (Fsp3) is 0.286. The largest absolute Gasteiger partial charge is 0.262 e. The lowest BCUT2D eigenvalue weighted by Crippen LogP contribution is -1.74. The second kappa shape index (κ2) is 4.73. The fourth-order valence-corrected chi connectivity index (χ4v) is 0.401. The quantitative estimate of drug-likeness (QED) is 0.515. The van der Waals surface area contributed by atoms with Gasteiger partial charge in [-0.3, -0.25) is 4.99 Å². The molecule has 0 aromatic carbocycles. The minimum atomic E-state index is 0.840. The molecule has 0 aliphatic rings. The van der Waals surface area contributed by atoms with Crippen molar-refractivity contribution in [2.75, 3.05) is 0 Å². The van der Waals surface area contributed by atoms with E-state index in [1.54, 1.807) is 6.21 Å². The first-order chi connectivity index (χ1) is 4.16. The molecule has 0 aliphatic heterocycles. The first-order valence-corrected chi connectivity index (χ1v) is 3.88. The third-order valence-corrected chi connectivity index (χ3v) is 1.64. The number of allylic oxidation sites excluding steroid dienone is 2. The van der Waals surface area contributed by atoms with Crippen molar-refractivity contribution >= 4 is 28.8 Å². The zero-order valence-electron chi connectivity index (χ0n) is 5.69. The van der Waals surface area contributed by atoms with E-state index in [1.807, 2.05) is 17.9 Å². The monoisotopic (exact) mass is 235 g/mol. The van der Waals surface area contributed by atoms with E-state index in [0.29, 0.717) is 0 Å². The number of rotatable bonds is 2. The summed E-state index contributed by atoms with van der Waals surface area (Å²) in [5.74, 6) is 0. The van der Waals surface area contributed by atoms with Crippen LogP contribution in [0.3, 0.4) is 0 Å². The van der Waals surface area contributed by atoms with E-state index >= 15 is 0 Å². The van der Waals surface area contributed by atoms with Crippen molar-refractivity contribution < 1.29 is 0 Å². The molecule has 0 aliphatic carbocycles. The molecule has 0 saturated carbocycles. The van der Waals surface area contributed by atoms with Gasteiger partial charge in [0.15, 0.2) is 0 Å². The van der Waals surface area contributed by atoms with Crippen LogP contribution >= 0.6 is 22.6 Å². The van der Waals surface area contributed by atoms with Crippen molar-refractivity contribution in [3.8, 4) is 0 Å². The first-order valence-electron chi connectivity index (χ1n) is 2.63. The van der Waals surface area contributed by atoms with Gasteiger partial charge < -0.3 is 0 Å². The molecule has 0 spiro atoms. The molecule has 0 N–H and O–H groups in total. The number of hydrogen-bond donors (Lipinski definition) is 0. The molecule has 2 heteroatoms. The summed E-state index contributed by atoms with van der Waals surface area (Å²) in [6.45, 7) is 7.50. The van der Waals surface area contributed by atoms with E-state index in [1.165, 1.54) is 0 Å². The van der Waals surface area contributed by atoms with Gasteiger partial charge in [0, 0.05) is 11.9 Å². The van der Waals surface area contributed by atoms with E-state index in [2.05, 4.69) is 34.2 Å². The van der Waals surface area contributed by atoms with E-state index in [4.69, 9.17) is 0 Å². The summed E-state index contributed by atoms with van der Waals surface area (Å²) in [4.78, 5) is 4.00. The molecule has 1 nitrogen and oxygen atoms in total. The van der Waals surface area contributed by atoms with Crippen LogP contribution in [0.2, 0.25) is 0 Å². The number of hydrogen-bond acceptors (Lipinski definition) is 1. The lowest BCUT2D eigenvalue weighted by molar-refractivity contribution is 1.33. The molecule has 0 atom stereocenters. The lowest BCUT2D eigenvalue weighted by Gasteiger charge is -1.86. The summed E-state index contributed by atoms with van der Waals surface area (Å²) in [6.07, 6.45) is 1.80. The van der Waals surface area contributed by atoms with Crippen LogP contribution in [-0.4, -0.2) is 6.21 Å². The van der Waals surface area contributed by atoms with Gasteiger partial charge >= 0.3 is 0 Å². The van der Waals surface area contributed by atoms with Gasteiger partial charge in [0.25, 0.3) is 0 Å². The van der Waals surface area contributed by atoms with Gasteiger partial charge in [-0.05, 0) is 23.5 Å². The van der Waals surface area contributed by atoms with Crippen LogP contribution in [0.25, 0.3) is 0 Å². The minimum absolute atomic E-state index is 0.840. The Bertz CT molecular complexity index is 156. The van der Waals surface area contributed by atoms with Crippen molar-refractivity contribution in [2.45, 2.75) is 13.8 Å². The number of halogens is 1. The van der Waals surface area contributed by atoms with Crippen molar-refractivity contribution in [3.63, 3.8) is 0 Å². The average Bonchev–Trinajstić information content (AvgIpc) is 1.83. The van der Waals surface area contributed by atoms with Crippen LogP contribution in [0, 0.1) is 0 Å². The third-order valence-electron chi connectivity index (χ3n) is 0.661. The summed E-state index contributed by atoms with van der Waals surface area (Å²) in [5.41, 5.74) is 1.99. The van der Waals surface area contributed by atoms with Gasteiger partial charge in [0.05, 0.1) is 0 Å². The van der Waals surface area contributed by atoms with E-state index < -0.39 is 0 Å². The summed E-state index contributed by atoms with van der Waals surface area (Å²) in [5, 5.41) is 0. The SMILES string of the molecule is C=C(C)/N=C\C(C)=C/I. The van der Waals surface area contributed by atoms with Crippen molar-refractivity contribution in [1.29, 1.82) is 0 Å². The molecule has 9 heavy (non-hydrogen) atoms. The van der Waals surface area contributed by atoms with Crippen molar-refractivity contribution in [3.05, 3.63) is 21.9 Å². The number of nitrogens with zero attached hydrogens (tertiary/aromatic N) is 1. The molecule has 0 radical (unpaired) electrons. The number of aliphatic imine (C=N–C) groups is 1. The molecule has 0 aromatic rings. The van der Waals surface area contributed by atoms with Gasteiger partial charge in [-0.25, -0.2) is 0 Å². The average molecular weight is 235 g/mol. The molecule has 50 valence electrons. The second-order valence-corrected chi connectivity index (χ2v) is 2.47. The normalized spacial score (nSPS) is 12.6. The lowest BCUT2D eigenvalue weighted by atomic mass is 10.4. The third kappa shape index (κ3) is 5.76. The highest BCUT2D eigenvalue weighted by atomic mass is 127. The van der Waals surface area contributed by atoms with Crippen LogP contribution in [-0.2, 0) is 0 Å². The fourth-order valence-electron chi connectivity index (χ4n) is 0.240. The van der Waals surface area contributed by atoms with Crippen LogP contribution in [0.5, 0.6) is 0 Å². The van der Waals surface area contributed by atoms with Gasteiger partial charge in [0.1, 0.15) is 0 Å². The Morgan fingerprint density at radius 3 is 2.44 bits per heavy atom. The Hall–Kier alpha value is -0.120. The Balaban J connectivity index is 3.86. The molecule has 0 saturated heterocycles. The molecular formula is C7H10IN. The van der Waals surface area contributed by atoms with Crippen LogP contribution < -0.4 is 0 Å². The van der Waals surface area contributed by atoms with Gasteiger partial charge in [-0.15, -0.1) is 0 Å². The van der Waals surface area contributed by atoms with E-state index in [9.17, 15) is 0 Å². The maximum Gasteiger partial charge on any atom is 0.0304 e. The second-order valence-electron chi connectivity index (χ2n) is 1.85. The Morgan fingerprint density at radius 1 is 1.56 bits per heavy atom. The smallest absolute Gasteiger partial charge is 0.0304 e. The van der Waals surface area contributed by atoms with Gasteiger partial charge in [-0.2, -0.15) is 0 Å². The highest BCUT2D eigenvalue weighted by molar-refractivity contribution is 14.1. The highest BCUT2D eigenvalue weighted by Gasteiger charge is 1.77. The molecule has 0 amide bonds. The summed E-state index contributed by atoms with van der Waals surface area (Å²) < 4.78 is 1.98. The molecule has 0 rings (SSSR count). The Morgan fingerprint density at radius 2 is 2.11 bits per heavy atom. The zero-order valence-corrected chi connectivity index (χ0v) is 7.84. The Labute approximate surface area is 69.7 Å². The highest BCUT2D eigenvalue weighted by Crippen LogP contribution is 1.95. The van der Waals surface area contributed by atoms with E-state index in [-0.39, 0.29) is 0 Å². The molecule has 0 fully saturated rings. The minimum Gasteiger partial charge on any atom is -0.262 e. The topological polar surface area (TPSA) is 12.4 Å². The molecule has 0 unspecified atom stereocenters. The maximum atomic E-state index is 4.00. The maximum absolute atomic E-state index is 4.00. The van der Waals surface area contributed by atoms with Crippen LogP contribution in [0.4, 0.5) is 0 Å². The van der Waals surface area contributed by atoms with Gasteiger partial charge in [-0.1, -0.05) is 29.2 Å². The summed E-state index contributed by atoms with van der Waals surface area (Å²) in [7, 11) is 0. The molecule has 0 bridgehead atoms. The van der Waals surface area contributed by atoms with Gasteiger partial charge in [0.2, 0.25) is 0 Å². The summed E-state index contributed by atoms with van der Waals surface area (Å²) >= 11 is 2.18. The standard InChI is InChI=1S/C7H10IN/c1-6(2)9-5-7(3)4-8/h4-5H,1H2,2-3H3/b7-4-,9-5-. The predicted molar refractivity (Wildman–Crippen MR) is 51.1 cm³/mol.